The molecule has 0 aliphatic rings. The third-order valence-electron chi connectivity index (χ3n) is 3.35. The first-order valence-corrected chi connectivity index (χ1v) is 8.20. The molecule has 0 heterocycles. The molecule has 0 spiro atoms. The van der Waals surface area contributed by atoms with Gasteiger partial charge in [-0.1, -0.05) is 69.4 Å². The lowest BCUT2D eigenvalue weighted by Gasteiger charge is -2.08. The van der Waals surface area contributed by atoms with Gasteiger partial charge in [0.2, 0.25) is 0 Å². The maximum absolute atomic E-state index is 8.76. The molecule has 0 amide bonds. The first-order chi connectivity index (χ1) is 10.4. The van der Waals surface area contributed by atoms with Crippen LogP contribution in [-0.4, -0.2) is 18.3 Å². The van der Waals surface area contributed by atoms with Crippen LogP contribution in [0.5, 0.6) is 5.75 Å². The van der Waals surface area contributed by atoms with Gasteiger partial charge >= 0.3 is 0 Å². The highest BCUT2D eigenvalue weighted by molar-refractivity contribution is 5.45. The summed E-state index contributed by atoms with van der Waals surface area (Å²) < 4.78 is 5.83. The van der Waals surface area contributed by atoms with Crippen LogP contribution in [0.3, 0.4) is 0 Å². The predicted octanol–water partition coefficient (Wildman–Crippen LogP) is 4.55. The molecule has 0 aliphatic carbocycles. The average Bonchev–Trinajstić information content (AvgIpc) is 2.51. The highest BCUT2D eigenvalue weighted by Gasteiger charge is 1.99. The average molecular weight is 288 g/mol. The summed E-state index contributed by atoms with van der Waals surface area (Å²) >= 11 is 0. The van der Waals surface area contributed by atoms with Gasteiger partial charge in [0.1, 0.15) is 5.75 Å². The minimum absolute atomic E-state index is 0.105. The fraction of sp³-hybridized carbons (Fsp3) is 0.579. The van der Waals surface area contributed by atoms with Gasteiger partial charge in [-0.2, -0.15) is 0 Å². The van der Waals surface area contributed by atoms with Gasteiger partial charge in [-0.15, -0.1) is 0 Å². The predicted molar refractivity (Wildman–Crippen MR) is 88.5 cm³/mol. The summed E-state index contributed by atoms with van der Waals surface area (Å²) in [6, 6.07) is 7.86. The number of hydrogen-bond acceptors (Lipinski definition) is 2. The summed E-state index contributed by atoms with van der Waals surface area (Å²) in [4.78, 5) is 0. The molecule has 0 fully saturated rings. The Bertz CT molecular complexity index is 429. The van der Waals surface area contributed by atoms with E-state index < -0.39 is 0 Å². The minimum Gasteiger partial charge on any atom is -0.492 e. The summed E-state index contributed by atoms with van der Waals surface area (Å²) in [5.41, 5.74) is 0.911. The summed E-state index contributed by atoms with van der Waals surface area (Å²) in [6.45, 7) is 3.11. The van der Waals surface area contributed by atoms with E-state index in [-0.39, 0.29) is 6.61 Å². The van der Waals surface area contributed by atoms with Gasteiger partial charge in [0.25, 0.3) is 0 Å². The molecule has 0 saturated carbocycles. The van der Waals surface area contributed by atoms with Gasteiger partial charge in [0.05, 0.1) is 18.8 Å². The largest absolute Gasteiger partial charge is 0.492 e. The van der Waals surface area contributed by atoms with Crippen molar-refractivity contribution >= 4 is 0 Å². The maximum Gasteiger partial charge on any atom is 0.134 e. The van der Waals surface area contributed by atoms with E-state index in [9.17, 15) is 0 Å². The van der Waals surface area contributed by atoms with Gasteiger partial charge < -0.3 is 9.84 Å². The Balaban J connectivity index is 2.24. The van der Waals surface area contributed by atoms with Crippen LogP contribution in [0, 0.1) is 11.8 Å². The molecule has 2 nitrogen and oxygen atoms in total. The van der Waals surface area contributed by atoms with Crippen LogP contribution in [0.15, 0.2) is 24.3 Å². The summed E-state index contributed by atoms with van der Waals surface area (Å²) in [5.74, 6) is 6.85. The molecule has 0 radical (unpaired) electrons. The molecule has 1 aromatic rings. The summed E-state index contributed by atoms with van der Waals surface area (Å²) in [6.07, 6.45) is 9.52. The molecule has 1 N–H and O–H groups in total. The van der Waals surface area contributed by atoms with Crippen molar-refractivity contribution < 1.29 is 9.84 Å². The van der Waals surface area contributed by atoms with Gasteiger partial charge in [0, 0.05) is 6.42 Å². The van der Waals surface area contributed by atoms with E-state index in [1.165, 1.54) is 38.5 Å². The van der Waals surface area contributed by atoms with Gasteiger partial charge in [0.15, 0.2) is 0 Å². The van der Waals surface area contributed by atoms with Crippen LogP contribution in [-0.2, 0) is 0 Å². The standard InChI is InChI=1S/C19H28O2/c1-2-3-4-5-6-7-12-17-21-19-15-9-8-13-18(19)14-10-11-16-20/h8-9,13,15,20H,2-7,11-12,16-17H2,1H3. The number of ether oxygens (including phenoxy) is 1. The molecular formula is C19H28O2. The number of para-hydroxylation sites is 1. The smallest absolute Gasteiger partial charge is 0.134 e. The Kier molecular flexibility index (Phi) is 10.3. The molecule has 116 valence electrons. The summed E-state index contributed by atoms with van der Waals surface area (Å²) in [7, 11) is 0. The molecule has 0 aromatic heterocycles. The topological polar surface area (TPSA) is 29.5 Å². The summed E-state index contributed by atoms with van der Waals surface area (Å²) in [5, 5.41) is 8.76. The van der Waals surface area contributed by atoms with E-state index in [0.29, 0.717) is 6.42 Å². The molecule has 0 saturated heterocycles. The monoisotopic (exact) mass is 288 g/mol. The number of unbranched alkanes of at least 4 members (excludes halogenated alkanes) is 6. The lowest BCUT2D eigenvalue weighted by atomic mass is 10.1. The molecule has 0 unspecified atom stereocenters. The first-order valence-electron chi connectivity index (χ1n) is 8.20. The molecule has 0 aliphatic heterocycles. The van der Waals surface area contributed by atoms with Crippen molar-refractivity contribution in [2.24, 2.45) is 0 Å². The number of rotatable bonds is 10. The Morgan fingerprint density at radius 1 is 1.00 bits per heavy atom. The molecule has 0 bridgehead atoms. The molecule has 1 aromatic carbocycles. The van der Waals surface area contributed by atoms with Crippen molar-refractivity contribution in [3.8, 4) is 17.6 Å². The SMILES string of the molecule is CCCCCCCCCOc1ccccc1C#CCCO. The van der Waals surface area contributed by atoms with Gasteiger partial charge in [-0.05, 0) is 18.6 Å². The van der Waals surface area contributed by atoms with Crippen molar-refractivity contribution in [1.29, 1.82) is 0 Å². The Morgan fingerprint density at radius 2 is 1.71 bits per heavy atom. The van der Waals surface area contributed by atoms with E-state index in [2.05, 4.69) is 18.8 Å². The number of hydrogen-bond donors (Lipinski definition) is 1. The molecule has 0 atom stereocenters. The van der Waals surface area contributed by atoms with E-state index in [1.807, 2.05) is 24.3 Å². The number of benzene rings is 1. The zero-order valence-corrected chi connectivity index (χ0v) is 13.2. The lowest BCUT2D eigenvalue weighted by Crippen LogP contribution is -1.99. The molecule has 2 heteroatoms. The van der Waals surface area contributed by atoms with E-state index in [1.54, 1.807) is 0 Å². The minimum atomic E-state index is 0.105. The Morgan fingerprint density at radius 3 is 2.48 bits per heavy atom. The van der Waals surface area contributed by atoms with Crippen molar-refractivity contribution in [1.82, 2.24) is 0 Å². The van der Waals surface area contributed by atoms with E-state index in [4.69, 9.17) is 9.84 Å². The second-order valence-electron chi connectivity index (χ2n) is 5.24. The highest BCUT2D eigenvalue weighted by Crippen LogP contribution is 2.17. The van der Waals surface area contributed by atoms with E-state index in [0.717, 1.165) is 24.3 Å². The highest BCUT2D eigenvalue weighted by atomic mass is 16.5. The molecule has 21 heavy (non-hydrogen) atoms. The zero-order valence-electron chi connectivity index (χ0n) is 13.2. The van der Waals surface area contributed by atoms with Crippen LogP contribution in [0.1, 0.15) is 63.9 Å². The van der Waals surface area contributed by atoms with Crippen LogP contribution in [0.2, 0.25) is 0 Å². The van der Waals surface area contributed by atoms with Crippen LogP contribution in [0.25, 0.3) is 0 Å². The Hall–Kier alpha value is -1.46. The van der Waals surface area contributed by atoms with Crippen LogP contribution in [0.4, 0.5) is 0 Å². The second-order valence-corrected chi connectivity index (χ2v) is 5.24. The molecular weight excluding hydrogens is 260 g/mol. The first kappa shape index (κ1) is 17.6. The third-order valence-corrected chi connectivity index (χ3v) is 3.35. The number of aliphatic hydroxyl groups is 1. The number of aliphatic hydroxyl groups excluding tert-OH is 1. The molecule has 1 rings (SSSR count). The van der Waals surface area contributed by atoms with E-state index >= 15 is 0 Å². The van der Waals surface area contributed by atoms with Gasteiger partial charge in [-0.25, -0.2) is 0 Å². The van der Waals surface area contributed by atoms with Crippen molar-refractivity contribution in [3.63, 3.8) is 0 Å². The normalized spacial score (nSPS) is 10.0. The lowest BCUT2D eigenvalue weighted by molar-refractivity contribution is 0.303. The second kappa shape index (κ2) is 12.3. The van der Waals surface area contributed by atoms with Crippen LogP contribution >= 0.6 is 0 Å². The fourth-order valence-electron chi connectivity index (χ4n) is 2.15. The fourth-order valence-corrected chi connectivity index (χ4v) is 2.15. The van der Waals surface area contributed by atoms with Gasteiger partial charge in [-0.3, -0.25) is 0 Å². The maximum atomic E-state index is 8.76. The Labute approximate surface area is 129 Å². The van der Waals surface area contributed by atoms with Crippen molar-refractivity contribution in [2.75, 3.05) is 13.2 Å². The van der Waals surface area contributed by atoms with Crippen molar-refractivity contribution in [2.45, 2.75) is 58.3 Å². The third kappa shape index (κ3) is 8.42. The van der Waals surface area contributed by atoms with Crippen molar-refractivity contribution in [3.05, 3.63) is 29.8 Å². The zero-order chi connectivity index (χ0) is 15.2. The quantitative estimate of drug-likeness (QED) is 0.505. The van der Waals surface area contributed by atoms with Crippen LogP contribution < -0.4 is 4.74 Å².